The summed E-state index contributed by atoms with van der Waals surface area (Å²) in [5, 5.41) is 2.49. The molecular formula is C13H9ClF3N7. The van der Waals surface area contributed by atoms with Gasteiger partial charge < -0.3 is 11.1 Å². The number of halogens is 4. The molecule has 0 bridgehead atoms. The third-order valence-corrected chi connectivity index (χ3v) is 3.31. The van der Waals surface area contributed by atoms with Crippen LogP contribution in [0.25, 0.3) is 5.82 Å². The van der Waals surface area contributed by atoms with Gasteiger partial charge in [-0.2, -0.15) is 13.2 Å². The molecule has 0 aliphatic heterocycles. The Bertz CT molecular complexity index is 864. The van der Waals surface area contributed by atoms with Crippen molar-refractivity contribution in [1.82, 2.24) is 24.5 Å². The molecule has 0 saturated heterocycles. The average molecular weight is 356 g/mol. The van der Waals surface area contributed by atoms with Crippen molar-refractivity contribution in [2.75, 3.05) is 11.1 Å². The molecule has 3 heterocycles. The molecule has 3 aromatic rings. The highest BCUT2D eigenvalue weighted by atomic mass is 35.5. The summed E-state index contributed by atoms with van der Waals surface area (Å²) in [6, 6.07) is 0.769. The minimum atomic E-state index is -4.53. The molecule has 24 heavy (non-hydrogen) atoms. The Morgan fingerprint density at radius 1 is 1.17 bits per heavy atom. The van der Waals surface area contributed by atoms with Crippen molar-refractivity contribution in [3.63, 3.8) is 0 Å². The van der Waals surface area contributed by atoms with Gasteiger partial charge in [-0.1, -0.05) is 11.6 Å². The number of alkyl halides is 3. The number of nitrogens with zero attached hydrogens (tertiary/aromatic N) is 5. The molecule has 0 radical (unpaired) electrons. The van der Waals surface area contributed by atoms with E-state index in [9.17, 15) is 13.2 Å². The molecule has 0 aliphatic carbocycles. The Hall–Kier alpha value is -2.88. The summed E-state index contributed by atoms with van der Waals surface area (Å²) in [6.07, 6.45) is 2.05. The van der Waals surface area contributed by atoms with Gasteiger partial charge in [-0.05, 0) is 6.07 Å². The van der Waals surface area contributed by atoms with E-state index in [1.807, 2.05) is 0 Å². The van der Waals surface area contributed by atoms with E-state index < -0.39 is 11.7 Å². The van der Waals surface area contributed by atoms with E-state index in [-0.39, 0.29) is 22.3 Å². The van der Waals surface area contributed by atoms with Gasteiger partial charge in [0.2, 0.25) is 0 Å². The summed E-state index contributed by atoms with van der Waals surface area (Å²) in [6.45, 7) is 0. The lowest BCUT2D eigenvalue weighted by Gasteiger charge is -2.13. The Morgan fingerprint density at radius 2 is 1.96 bits per heavy atom. The largest absolute Gasteiger partial charge is 0.417 e. The standard InChI is InChI=1S/C13H9ClF3N7/c14-8-3-7(13(15,16)17)4-20-10(8)23-11-9(18)12(22-5-21-11)24-2-1-19-6-24/h1-6H,18H2,(H,20,21,22,23). The summed E-state index contributed by atoms with van der Waals surface area (Å²) in [7, 11) is 0. The van der Waals surface area contributed by atoms with Crippen LogP contribution < -0.4 is 11.1 Å². The topological polar surface area (TPSA) is 94.5 Å². The fourth-order valence-electron chi connectivity index (χ4n) is 1.87. The molecule has 11 heteroatoms. The van der Waals surface area contributed by atoms with Gasteiger partial charge >= 0.3 is 6.18 Å². The van der Waals surface area contributed by atoms with Crippen molar-refractivity contribution in [3.8, 4) is 5.82 Å². The van der Waals surface area contributed by atoms with Crippen molar-refractivity contribution in [1.29, 1.82) is 0 Å². The highest BCUT2D eigenvalue weighted by Gasteiger charge is 2.31. The first-order chi connectivity index (χ1) is 11.4. The number of nitrogen functional groups attached to an aromatic ring is 1. The van der Waals surface area contributed by atoms with Crippen molar-refractivity contribution in [3.05, 3.63) is 47.9 Å². The van der Waals surface area contributed by atoms with Gasteiger partial charge in [0.05, 0.1) is 10.6 Å². The number of aromatic nitrogens is 5. The molecule has 0 saturated carbocycles. The maximum atomic E-state index is 12.6. The number of nitrogens with two attached hydrogens (primary N) is 1. The van der Waals surface area contributed by atoms with Gasteiger partial charge in [0, 0.05) is 18.6 Å². The van der Waals surface area contributed by atoms with E-state index in [1.165, 1.54) is 12.7 Å². The van der Waals surface area contributed by atoms with E-state index >= 15 is 0 Å². The number of hydrogen-bond acceptors (Lipinski definition) is 6. The summed E-state index contributed by atoms with van der Waals surface area (Å²) in [5.74, 6) is 0.502. The fourth-order valence-corrected chi connectivity index (χ4v) is 2.09. The van der Waals surface area contributed by atoms with Gasteiger partial charge in [-0.15, -0.1) is 0 Å². The molecule has 0 spiro atoms. The molecule has 0 aliphatic rings. The number of imidazole rings is 1. The Kier molecular flexibility index (Phi) is 3.97. The number of anilines is 3. The van der Waals surface area contributed by atoms with Crippen molar-refractivity contribution in [2.24, 2.45) is 0 Å². The maximum Gasteiger partial charge on any atom is 0.417 e. The monoisotopic (exact) mass is 355 g/mol. The normalized spacial score (nSPS) is 11.5. The van der Waals surface area contributed by atoms with Gasteiger partial charge in [0.15, 0.2) is 11.6 Å². The van der Waals surface area contributed by atoms with Crippen molar-refractivity contribution < 1.29 is 13.2 Å². The van der Waals surface area contributed by atoms with Crippen LogP contribution in [0.1, 0.15) is 5.56 Å². The van der Waals surface area contributed by atoms with Crippen LogP contribution in [0.2, 0.25) is 5.02 Å². The fraction of sp³-hybridized carbons (Fsp3) is 0.0769. The second-order valence-corrected chi connectivity index (χ2v) is 5.01. The first-order valence-corrected chi connectivity index (χ1v) is 6.82. The van der Waals surface area contributed by atoms with Gasteiger partial charge in [0.1, 0.15) is 24.2 Å². The molecule has 3 aromatic heterocycles. The summed E-state index contributed by atoms with van der Waals surface area (Å²) < 4.78 is 39.5. The highest BCUT2D eigenvalue weighted by molar-refractivity contribution is 6.33. The van der Waals surface area contributed by atoms with E-state index in [2.05, 4.69) is 25.3 Å². The minimum Gasteiger partial charge on any atom is -0.393 e. The smallest absolute Gasteiger partial charge is 0.393 e. The lowest BCUT2D eigenvalue weighted by Crippen LogP contribution is -2.09. The quantitative estimate of drug-likeness (QED) is 0.750. The molecule has 3 N–H and O–H groups in total. The lowest BCUT2D eigenvalue weighted by atomic mass is 10.3. The van der Waals surface area contributed by atoms with Crippen molar-refractivity contribution >= 4 is 28.9 Å². The number of pyridine rings is 1. The summed E-state index contributed by atoms with van der Waals surface area (Å²) in [5.41, 5.74) is 5.19. The second-order valence-electron chi connectivity index (χ2n) is 4.61. The van der Waals surface area contributed by atoms with Crippen LogP contribution in [0.15, 0.2) is 37.3 Å². The number of hydrogen-bond donors (Lipinski definition) is 2. The van der Waals surface area contributed by atoms with Crippen LogP contribution in [-0.2, 0) is 6.18 Å². The van der Waals surface area contributed by atoms with Crippen molar-refractivity contribution in [2.45, 2.75) is 6.18 Å². The average Bonchev–Trinajstić information content (AvgIpc) is 3.04. The van der Waals surface area contributed by atoms with E-state index in [1.54, 1.807) is 17.0 Å². The molecule has 0 unspecified atom stereocenters. The zero-order valence-corrected chi connectivity index (χ0v) is 12.5. The predicted octanol–water partition coefficient (Wildman–Crippen LogP) is 3.06. The van der Waals surface area contributed by atoms with Crippen LogP contribution >= 0.6 is 11.6 Å². The van der Waals surface area contributed by atoms with Gasteiger partial charge in [0.25, 0.3) is 0 Å². The SMILES string of the molecule is Nc1c(Nc2ncc(C(F)(F)F)cc2Cl)ncnc1-n1ccnc1. The predicted molar refractivity (Wildman–Crippen MR) is 81.1 cm³/mol. The first kappa shape index (κ1) is 16.0. The molecule has 124 valence electrons. The van der Waals surface area contributed by atoms with Crippen LogP contribution in [0.3, 0.4) is 0 Å². The summed E-state index contributed by atoms with van der Waals surface area (Å²) >= 11 is 5.85. The summed E-state index contributed by atoms with van der Waals surface area (Å²) in [4.78, 5) is 15.6. The Labute approximate surface area is 138 Å². The molecular weight excluding hydrogens is 347 g/mol. The third kappa shape index (κ3) is 3.08. The molecule has 0 atom stereocenters. The van der Waals surface area contributed by atoms with Crippen LogP contribution in [0, 0.1) is 0 Å². The van der Waals surface area contributed by atoms with Gasteiger partial charge in [-0.3, -0.25) is 4.57 Å². The van der Waals surface area contributed by atoms with E-state index in [0.29, 0.717) is 12.0 Å². The second kappa shape index (κ2) is 5.96. The Balaban J connectivity index is 1.94. The molecule has 0 fully saturated rings. The zero-order valence-electron chi connectivity index (χ0n) is 11.8. The van der Waals surface area contributed by atoms with Crippen LogP contribution in [-0.4, -0.2) is 24.5 Å². The Morgan fingerprint density at radius 3 is 2.58 bits per heavy atom. The van der Waals surface area contributed by atoms with E-state index in [0.717, 1.165) is 6.07 Å². The van der Waals surface area contributed by atoms with E-state index in [4.69, 9.17) is 17.3 Å². The molecule has 0 amide bonds. The van der Waals surface area contributed by atoms with Gasteiger partial charge in [-0.25, -0.2) is 19.9 Å². The number of rotatable bonds is 3. The molecule has 3 rings (SSSR count). The molecule has 7 nitrogen and oxygen atoms in total. The third-order valence-electron chi connectivity index (χ3n) is 3.02. The minimum absolute atomic E-state index is 0.00773. The highest BCUT2D eigenvalue weighted by Crippen LogP contribution is 2.34. The lowest BCUT2D eigenvalue weighted by molar-refractivity contribution is -0.137. The first-order valence-electron chi connectivity index (χ1n) is 6.45. The zero-order chi connectivity index (χ0) is 17.3. The number of nitrogens with one attached hydrogen (secondary N) is 1. The molecule has 0 aromatic carbocycles. The van der Waals surface area contributed by atoms with Crippen LogP contribution in [0.5, 0.6) is 0 Å². The maximum absolute atomic E-state index is 12.6. The van der Waals surface area contributed by atoms with Crippen LogP contribution in [0.4, 0.5) is 30.5 Å².